The van der Waals surface area contributed by atoms with E-state index < -0.39 is 0 Å². The molecule has 1 aromatic rings. The van der Waals surface area contributed by atoms with Gasteiger partial charge in [0.1, 0.15) is 5.75 Å². The van der Waals surface area contributed by atoms with Crippen molar-refractivity contribution >= 4 is 23.2 Å². The Morgan fingerprint density at radius 2 is 2.15 bits per heavy atom. The van der Waals surface area contributed by atoms with Crippen LogP contribution in [0.25, 0.3) is 0 Å². The smallest absolute Gasteiger partial charge is 0.225 e. The van der Waals surface area contributed by atoms with Crippen molar-refractivity contribution in [3.63, 3.8) is 0 Å². The van der Waals surface area contributed by atoms with Crippen LogP contribution >= 0.6 is 11.6 Å². The third kappa shape index (κ3) is 4.39. The minimum atomic E-state index is -0.0314. The van der Waals surface area contributed by atoms with Crippen LogP contribution in [0.5, 0.6) is 5.75 Å². The van der Waals surface area contributed by atoms with Crippen LogP contribution in [0.4, 0.5) is 5.69 Å². The monoisotopic (exact) mass is 296 g/mol. The van der Waals surface area contributed by atoms with E-state index in [0.29, 0.717) is 35.5 Å². The molecule has 0 bridgehead atoms. The summed E-state index contributed by atoms with van der Waals surface area (Å²) in [5.74, 6) is 0.586. The van der Waals surface area contributed by atoms with Gasteiger partial charge in [-0.2, -0.15) is 0 Å². The summed E-state index contributed by atoms with van der Waals surface area (Å²) in [7, 11) is 1.57. The van der Waals surface area contributed by atoms with Crippen LogP contribution < -0.4 is 15.4 Å². The molecular formula is C15H21ClN2O2. The number of carbonyl (C=O) groups is 1. The molecule has 2 rings (SSSR count). The highest BCUT2D eigenvalue weighted by molar-refractivity contribution is 6.31. The summed E-state index contributed by atoms with van der Waals surface area (Å²) >= 11 is 5.93. The van der Waals surface area contributed by atoms with Crippen molar-refractivity contribution in [3.8, 4) is 5.75 Å². The molecule has 20 heavy (non-hydrogen) atoms. The molecule has 1 aliphatic carbocycles. The highest BCUT2D eigenvalue weighted by atomic mass is 35.5. The number of benzene rings is 1. The molecule has 0 heterocycles. The Bertz CT molecular complexity index is 459. The quantitative estimate of drug-likeness (QED) is 0.847. The zero-order chi connectivity index (χ0) is 14.4. The number of hydrogen-bond donors (Lipinski definition) is 2. The van der Waals surface area contributed by atoms with E-state index in [-0.39, 0.29) is 5.91 Å². The average molecular weight is 297 g/mol. The Labute approximate surface area is 124 Å². The lowest BCUT2D eigenvalue weighted by Crippen LogP contribution is -2.29. The lowest BCUT2D eigenvalue weighted by atomic mass is 10.2. The molecule has 1 saturated carbocycles. The molecule has 1 fully saturated rings. The second-order valence-corrected chi connectivity index (χ2v) is 5.51. The van der Waals surface area contributed by atoms with Gasteiger partial charge in [0.05, 0.1) is 12.8 Å². The van der Waals surface area contributed by atoms with Gasteiger partial charge in [-0.15, -0.1) is 0 Å². The molecular weight excluding hydrogens is 276 g/mol. The first kappa shape index (κ1) is 15.1. The molecule has 110 valence electrons. The molecule has 5 heteroatoms. The maximum Gasteiger partial charge on any atom is 0.225 e. The van der Waals surface area contributed by atoms with Gasteiger partial charge in [-0.25, -0.2) is 0 Å². The van der Waals surface area contributed by atoms with E-state index in [2.05, 4.69) is 10.6 Å². The lowest BCUT2D eigenvalue weighted by molar-refractivity contribution is -0.116. The first-order chi connectivity index (χ1) is 9.69. The summed E-state index contributed by atoms with van der Waals surface area (Å²) in [6.07, 6.45) is 5.49. The molecule has 0 radical (unpaired) electrons. The third-order valence-electron chi connectivity index (χ3n) is 3.58. The number of carbonyl (C=O) groups excluding carboxylic acids is 1. The summed E-state index contributed by atoms with van der Waals surface area (Å²) in [5.41, 5.74) is 0.617. The number of methoxy groups -OCH3 is 1. The number of ether oxygens (including phenoxy) is 1. The van der Waals surface area contributed by atoms with E-state index in [1.165, 1.54) is 25.7 Å². The minimum Gasteiger partial charge on any atom is -0.495 e. The molecule has 1 aliphatic rings. The number of rotatable bonds is 6. The predicted octanol–water partition coefficient (Wildman–Crippen LogP) is 3.21. The molecule has 0 unspecified atom stereocenters. The molecule has 0 saturated heterocycles. The van der Waals surface area contributed by atoms with Gasteiger partial charge in [-0.3, -0.25) is 4.79 Å². The van der Waals surface area contributed by atoms with Crippen LogP contribution in [0.15, 0.2) is 18.2 Å². The van der Waals surface area contributed by atoms with E-state index in [0.717, 1.165) is 0 Å². The van der Waals surface area contributed by atoms with Gasteiger partial charge in [-0.1, -0.05) is 24.4 Å². The van der Waals surface area contributed by atoms with Gasteiger partial charge in [0.2, 0.25) is 5.91 Å². The van der Waals surface area contributed by atoms with Crippen molar-refractivity contribution in [1.29, 1.82) is 0 Å². The Kier molecular flexibility index (Phi) is 5.68. The number of amides is 1. The van der Waals surface area contributed by atoms with Crippen LogP contribution in [0.3, 0.4) is 0 Å². The Morgan fingerprint density at radius 1 is 1.40 bits per heavy atom. The Balaban J connectivity index is 1.80. The van der Waals surface area contributed by atoms with E-state index in [1.54, 1.807) is 25.3 Å². The van der Waals surface area contributed by atoms with Crippen molar-refractivity contribution in [1.82, 2.24) is 5.32 Å². The van der Waals surface area contributed by atoms with Gasteiger partial charge in [0.25, 0.3) is 0 Å². The third-order valence-corrected chi connectivity index (χ3v) is 3.81. The van der Waals surface area contributed by atoms with Crippen molar-refractivity contribution in [3.05, 3.63) is 23.2 Å². The standard InChI is InChI=1S/C15H21ClN2O2/c1-20-14-7-6-11(16)10-13(14)18-15(19)8-9-17-12-4-2-3-5-12/h6-7,10,12,17H,2-5,8-9H2,1H3,(H,18,19). The normalized spacial score (nSPS) is 15.3. The fourth-order valence-electron chi connectivity index (χ4n) is 2.51. The first-order valence-electron chi connectivity index (χ1n) is 7.06. The highest BCUT2D eigenvalue weighted by Gasteiger charge is 2.14. The zero-order valence-corrected chi connectivity index (χ0v) is 12.5. The Hall–Kier alpha value is -1.26. The maximum atomic E-state index is 11.9. The highest BCUT2D eigenvalue weighted by Crippen LogP contribution is 2.27. The number of anilines is 1. The predicted molar refractivity (Wildman–Crippen MR) is 81.5 cm³/mol. The van der Waals surface area contributed by atoms with Crippen molar-refractivity contribution in [2.24, 2.45) is 0 Å². The molecule has 2 N–H and O–H groups in total. The number of hydrogen-bond acceptors (Lipinski definition) is 3. The molecule has 1 aromatic carbocycles. The van der Waals surface area contributed by atoms with Crippen LogP contribution in [0, 0.1) is 0 Å². The molecule has 0 aromatic heterocycles. The van der Waals surface area contributed by atoms with Crippen LogP contribution in [-0.2, 0) is 4.79 Å². The molecule has 1 amide bonds. The Morgan fingerprint density at radius 3 is 2.85 bits per heavy atom. The second kappa shape index (κ2) is 7.50. The van der Waals surface area contributed by atoms with Crippen LogP contribution in [-0.4, -0.2) is 25.6 Å². The summed E-state index contributed by atoms with van der Waals surface area (Å²) in [5, 5.41) is 6.83. The van der Waals surface area contributed by atoms with Gasteiger partial charge in [0, 0.05) is 24.0 Å². The van der Waals surface area contributed by atoms with Crippen molar-refractivity contribution in [2.75, 3.05) is 19.0 Å². The van der Waals surface area contributed by atoms with Crippen LogP contribution in [0.1, 0.15) is 32.1 Å². The number of halogens is 1. The van der Waals surface area contributed by atoms with E-state index in [4.69, 9.17) is 16.3 Å². The maximum absolute atomic E-state index is 11.9. The summed E-state index contributed by atoms with van der Waals surface area (Å²) in [4.78, 5) is 11.9. The van der Waals surface area contributed by atoms with Crippen molar-refractivity contribution in [2.45, 2.75) is 38.1 Å². The minimum absolute atomic E-state index is 0.0314. The number of nitrogens with one attached hydrogen (secondary N) is 2. The first-order valence-corrected chi connectivity index (χ1v) is 7.43. The molecule has 4 nitrogen and oxygen atoms in total. The summed E-state index contributed by atoms with van der Waals surface area (Å²) < 4.78 is 5.20. The largest absolute Gasteiger partial charge is 0.495 e. The second-order valence-electron chi connectivity index (χ2n) is 5.08. The van der Waals surface area contributed by atoms with Crippen LogP contribution in [0.2, 0.25) is 5.02 Å². The zero-order valence-electron chi connectivity index (χ0n) is 11.7. The SMILES string of the molecule is COc1ccc(Cl)cc1NC(=O)CCNC1CCCC1. The molecule has 0 atom stereocenters. The molecule has 0 aliphatic heterocycles. The lowest BCUT2D eigenvalue weighted by Gasteiger charge is -2.13. The van der Waals surface area contributed by atoms with Gasteiger partial charge >= 0.3 is 0 Å². The van der Waals surface area contributed by atoms with Gasteiger partial charge in [-0.05, 0) is 31.0 Å². The fourth-order valence-corrected chi connectivity index (χ4v) is 2.68. The van der Waals surface area contributed by atoms with E-state index >= 15 is 0 Å². The topological polar surface area (TPSA) is 50.4 Å². The fraction of sp³-hybridized carbons (Fsp3) is 0.533. The molecule has 0 spiro atoms. The van der Waals surface area contributed by atoms with E-state index in [9.17, 15) is 4.79 Å². The van der Waals surface area contributed by atoms with Crippen molar-refractivity contribution < 1.29 is 9.53 Å². The summed E-state index contributed by atoms with van der Waals surface area (Å²) in [6.45, 7) is 0.708. The van der Waals surface area contributed by atoms with E-state index in [1.807, 2.05) is 0 Å². The van der Waals surface area contributed by atoms with Gasteiger partial charge in [0.15, 0.2) is 0 Å². The average Bonchev–Trinajstić information content (AvgIpc) is 2.92. The summed E-state index contributed by atoms with van der Waals surface area (Å²) in [6, 6.07) is 5.76. The van der Waals surface area contributed by atoms with Gasteiger partial charge < -0.3 is 15.4 Å².